The van der Waals surface area contributed by atoms with Crippen molar-refractivity contribution in [3.8, 4) is 73.2 Å². The highest BCUT2D eigenvalue weighted by Crippen LogP contribution is 2.64. The first-order valence-electron chi connectivity index (χ1n) is 23.5. The van der Waals surface area contributed by atoms with Gasteiger partial charge in [0.05, 0.1) is 33.1 Å². The van der Waals surface area contributed by atoms with Crippen LogP contribution in [0.15, 0.2) is 235 Å². The predicted octanol–water partition coefficient (Wildman–Crippen LogP) is 15.9. The molecule has 2 aliphatic carbocycles. The molecule has 2 aliphatic rings. The number of aromatic nitrogens is 4. The van der Waals surface area contributed by atoms with E-state index in [4.69, 9.17) is 19.4 Å². The van der Waals surface area contributed by atoms with Crippen LogP contribution in [0.5, 0.6) is 0 Å². The average molecular weight is 879 g/mol. The first-order valence-corrected chi connectivity index (χ1v) is 23.5. The lowest BCUT2D eigenvalue weighted by molar-refractivity contribution is 0.669. The van der Waals surface area contributed by atoms with Gasteiger partial charge in [-0.1, -0.05) is 200 Å². The summed E-state index contributed by atoms with van der Waals surface area (Å²) in [7, 11) is 0. The molecular formula is C64H38N4O. The van der Waals surface area contributed by atoms with Crippen LogP contribution in [-0.2, 0) is 5.41 Å². The van der Waals surface area contributed by atoms with Crippen molar-refractivity contribution in [2.24, 2.45) is 0 Å². The SMILES string of the molecule is c1ccc(-c2ccc(-c3nc(-c4ccccc4)nc(-c4ccc(-n5c6ccccc6c6c7c(ccc65)C5(c6ccccc6-c6ccccc65)c5ccccc5-7)c5c4oc4ccccc45)n3)cc2)cc1. The zero-order valence-electron chi connectivity index (χ0n) is 37.1. The summed E-state index contributed by atoms with van der Waals surface area (Å²) >= 11 is 0. The standard InChI is InChI=1S/C64H38N4O/c1-3-17-39(18-4-1)40-31-33-42(34-32-40)62-65-61(41-19-5-2-6-20-41)66-63(67-62)48-35-37-55(59-47-25-11-16-30-56(47)69-60(48)59)68-53-29-15-10-24-46(53)58-54(68)38-36-52-57(58)45-23-9-14-28-51(45)64(52)49-26-12-7-21-43(49)44-22-8-13-27-50(44)64/h1-38H. The largest absolute Gasteiger partial charge is 0.455 e. The summed E-state index contributed by atoms with van der Waals surface area (Å²) in [5.41, 5.74) is 19.7. The van der Waals surface area contributed by atoms with E-state index in [9.17, 15) is 0 Å². The third kappa shape index (κ3) is 5.27. The summed E-state index contributed by atoms with van der Waals surface area (Å²) in [6.07, 6.45) is 0. The van der Waals surface area contributed by atoms with Gasteiger partial charge in [0.2, 0.25) is 0 Å². The van der Waals surface area contributed by atoms with Crippen molar-refractivity contribution in [3.05, 3.63) is 253 Å². The highest BCUT2D eigenvalue weighted by Gasteiger charge is 2.52. The summed E-state index contributed by atoms with van der Waals surface area (Å²) in [4.78, 5) is 15.6. The van der Waals surface area contributed by atoms with Gasteiger partial charge in [0.25, 0.3) is 0 Å². The Bertz CT molecular complexity index is 4200. The van der Waals surface area contributed by atoms with Gasteiger partial charge in [-0.15, -0.1) is 0 Å². The monoisotopic (exact) mass is 878 g/mol. The maximum atomic E-state index is 6.99. The third-order valence-corrected chi connectivity index (χ3v) is 14.7. The number of benzene rings is 10. The first kappa shape index (κ1) is 38.0. The van der Waals surface area contributed by atoms with Gasteiger partial charge in [-0.05, 0) is 86.0 Å². The number of fused-ring (bicyclic) bond motifs is 17. The number of hydrogen-bond acceptors (Lipinski definition) is 4. The Morgan fingerprint density at radius 3 is 1.57 bits per heavy atom. The fraction of sp³-hybridized carbons (Fsp3) is 0.0156. The summed E-state index contributed by atoms with van der Waals surface area (Å²) in [6.45, 7) is 0. The number of rotatable bonds is 5. The molecule has 10 aromatic carbocycles. The average Bonchev–Trinajstić information content (AvgIpc) is 4.15. The minimum absolute atomic E-state index is 0.446. The lowest BCUT2D eigenvalue weighted by Gasteiger charge is -2.30. The van der Waals surface area contributed by atoms with Gasteiger partial charge >= 0.3 is 0 Å². The van der Waals surface area contributed by atoms with Crippen molar-refractivity contribution in [2.75, 3.05) is 0 Å². The molecule has 15 rings (SSSR count). The minimum atomic E-state index is -0.446. The van der Waals surface area contributed by atoms with E-state index in [0.717, 1.165) is 66.5 Å². The maximum absolute atomic E-state index is 6.99. The van der Waals surface area contributed by atoms with Crippen LogP contribution in [0.2, 0.25) is 0 Å². The smallest absolute Gasteiger partial charge is 0.167 e. The van der Waals surface area contributed by atoms with Gasteiger partial charge in [-0.2, -0.15) is 0 Å². The second kappa shape index (κ2) is 14.4. The molecule has 0 atom stereocenters. The van der Waals surface area contributed by atoms with Crippen molar-refractivity contribution in [1.82, 2.24) is 19.5 Å². The molecule has 0 N–H and O–H groups in total. The second-order valence-corrected chi connectivity index (χ2v) is 18.2. The second-order valence-electron chi connectivity index (χ2n) is 18.2. The van der Waals surface area contributed by atoms with Crippen LogP contribution < -0.4 is 0 Å². The summed E-state index contributed by atoms with van der Waals surface area (Å²) in [5, 5.41) is 4.46. The van der Waals surface area contributed by atoms with E-state index in [0.29, 0.717) is 17.5 Å². The molecule has 0 aliphatic heterocycles. The van der Waals surface area contributed by atoms with Gasteiger partial charge in [0.15, 0.2) is 17.5 Å². The Morgan fingerprint density at radius 1 is 0.333 bits per heavy atom. The Kier molecular flexibility index (Phi) is 7.93. The first-order chi connectivity index (χ1) is 34.2. The molecule has 0 bridgehead atoms. The van der Waals surface area contributed by atoms with E-state index < -0.39 is 5.41 Å². The highest BCUT2D eigenvalue weighted by molar-refractivity contribution is 6.21. The molecule has 3 aromatic heterocycles. The van der Waals surface area contributed by atoms with Crippen LogP contribution in [0.1, 0.15) is 22.3 Å². The molecule has 320 valence electrons. The lowest BCUT2D eigenvalue weighted by atomic mass is 9.70. The third-order valence-electron chi connectivity index (χ3n) is 14.7. The van der Waals surface area contributed by atoms with E-state index in [1.807, 2.05) is 42.5 Å². The quantitative estimate of drug-likeness (QED) is 0.173. The van der Waals surface area contributed by atoms with Crippen LogP contribution in [0.3, 0.4) is 0 Å². The highest BCUT2D eigenvalue weighted by atomic mass is 16.3. The van der Waals surface area contributed by atoms with Crippen LogP contribution in [0.25, 0.3) is 117 Å². The number of nitrogens with zero attached hydrogens (tertiary/aromatic N) is 4. The molecule has 0 fully saturated rings. The topological polar surface area (TPSA) is 56.7 Å². The van der Waals surface area contributed by atoms with Gasteiger partial charge in [-0.3, -0.25) is 0 Å². The van der Waals surface area contributed by atoms with E-state index >= 15 is 0 Å². The molecule has 1 spiro atoms. The van der Waals surface area contributed by atoms with E-state index in [2.05, 4.69) is 193 Å². The minimum Gasteiger partial charge on any atom is -0.455 e. The van der Waals surface area contributed by atoms with Gasteiger partial charge in [-0.25, -0.2) is 15.0 Å². The van der Waals surface area contributed by atoms with E-state index in [1.54, 1.807) is 0 Å². The van der Waals surface area contributed by atoms with Crippen molar-refractivity contribution < 1.29 is 4.42 Å². The van der Waals surface area contributed by atoms with E-state index in [-0.39, 0.29) is 0 Å². The summed E-state index contributed by atoms with van der Waals surface area (Å²) < 4.78 is 9.44. The molecule has 13 aromatic rings. The Balaban J connectivity index is 0.981. The van der Waals surface area contributed by atoms with Crippen molar-refractivity contribution in [3.63, 3.8) is 0 Å². The summed E-state index contributed by atoms with van der Waals surface area (Å²) in [6, 6.07) is 82.5. The zero-order valence-corrected chi connectivity index (χ0v) is 37.1. The molecule has 0 saturated heterocycles. The summed E-state index contributed by atoms with van der Waals surface area (Å²) in [5.74, 6) is 1.73. The molecule has 5 nitrogen and oxygen atoms in total. The van der Waals surface area contributed by atoms with Gasteiger partial charge in [0.1, 0.15) is 11.2 Å². The Hall–Kier alpha value is -9.19. The fourth-order valence-electron chi connectivity index (χ4n) is 11.9. The molecule has 69 heavy (non-hydrogen) atoms. The molecule has 0 saturated carbocycles. The predicted molar refractivity (Wildman–Crippen MR) is 279 cm³/mol. The van der Waals surface area contributed by atoms with Crippen LogP contribution in [0.4, 0.5) is 0 Å². The number of hydrogen-bond donors (Lipinski definition) is 0. The molecule has 0 radical (unpaired) electrons. The van der Waals surface area contributed by atoms with E-state index in [1.165, 1.54) is 55.3 Å². The number of furan rings is 1. The van der Waals surface area contributed by atoms with Gasteiger partial charge in [0, 0.05) is 27.3 Å². The van der Waals surface area contributed by atoms with Crippen LogP contribution in [-0.4, -0.2) is 19.5 Å². The normalized spacial score (nSPS) is 13.0. The van der Waals surface area contributed by atoms with Gasteiger partial charge < -0.3 is 8.98 Å². The van der Waals surface area contributed by atoms with Crippen LogP contribution in [0, 0.1) is 0 Å². The van der Waals surface area contributed by atoms with Crippen molar-refractivity contribution in [1.29, 1.82) is 0 Å². The molecule has 5 heteroatoms. The van der Waals surface area contributed by atoms with Crippen molar-refractivity contribution in [2.45, 2.75) is 5.41 Å². The lowest BCUT2D eigenvalue weighted by Crippen LogP contribution is -2.25. The fourth-order valence-corrected chi connectivity index (χ4v) is 11.9. The zero-order chi connectivity index (χ0) is 45.2. The molecule has 3 heterocycles. The molecular weight excluding hydrogens is 841 g/mol. The van der Waals surface area contributed by atoms with Crippen molar-refractivity contribution >= 4 is 43.7 Å². The Morgan fingerprint density at radius 2 is 0.855 bits per heavy atom. The maximum Gasteiger partial charge on any atom is 0.167 e. The molecule has 0 unspecified atom stereocenters. The van der Waals surface area contributed by atoms with Crippen LogP contribution >= 0.6 is 0 Å². The number of para-hydroxylation sites is 2. The molecule has 0 amide bonds. The Labute approximate surface area is 397 Å².